The summed E-state index contributed by atoms with van der Waals surface area (Å²) in [5.41, 5.74) is 0. The maximum Gasteiger partial charge on any atom is 0.402 e. The van der Waals surface area contributed by atoms with Crippen LogP contribution in [0.15, 0.2) is 27.6 Å². The van der Waals surface area contributed by atoms with Gasteiger partial charge in [-0.15, -0.1) is 0 Å². The summed E-state index contributed by atoms with van der Waals surface area (Å²) in [6.45, 7) is -1.55. The van der Waals surface area contributed by atoms with Crippen molar-refractivity contribution < 1.29 is 21.6 Å². The minimum atomic E-state index is -4.59. The van der Waals surface area contributed by atoms with Gasteiger partial charge in [-0.2, -0.15) is 17.5 Å². The van der Waals surface area contributed by atoms with Crippen molar-refractivity contribution in [2.75, 3.05) is 13.6 Å². The van der Waals surface area contributed by atoms with Crippen LogP contribution >= 0.6 is 27.5 Å². The fourth-order valence-electron chi connectivity index (χ4n) is 1.15. The van der Waals surface area contributed by atoms with Crippen LogP contribution in [0.25, 0.3) is 0 Å². The summed E-state index contributed by atoms with van der Waals surface area (Å²) in [6, 6.07) is 3.60. The van der Waals surface area contributed by atoms with E-state index in [0.29, 0.717) is 4.47 Å². The van der Waals surface area contributed by atoms with Gasteiger partial charge in [0, 0.05) is 11.5 Å². The third kappa shape index (κ3) is 3.84. The van der Waals surface area contributed by atoms with E-state index in [4.69, 9.17) is 11.6 Å². The zero-order valence-electron chi connectivity index (χ0n) is 9.00. The Morgan fingerprint density at radius 3 is 2.39 bits per heavy atom. The molecular weight excluding hydrogens is 359 g/mol. The molecule has 1 aromatic carbocycles. The molecule has 102 valence electrons. The molecule has 0 aliphatic rings. The van der Waals surface area contributed by atoms with Crippen LogP contribution in [0.1, 0.15) is 0 Å². The van der Waals surface area contributed by atoms with E-state index in [1.54, 1.807) is 0 Å². The summed E-state index contributed by atoms with van der Waals surface area (Å²) in [5, 5.41) is 0.271. The zero-order valence-corrected chi connectivity index (χ0v) is 12.2. The monoisotopic (exact) mass is 365 g/mol. The first kappa shape index (κ1) is 15.7. The molecule has 18 heavy (non-hydrogen) atoms. The molecule has 1 rings (SSSR count). The number of sulfonamides is 1. The van der Waals surface area contributed by atoms with E-state index < -0.39 is 22.7 Å². The first-order valence-electron chi connectivity index (χ1n) is 4.52. The standard InChI is InChI=1S/C9H8BrClF3NO2S/c1-15(5-9(12,13)14)18(16,17)6-2-3-8(11)7(10)4-6/h2-4H,5H2,1H3. The number of benzene rings is 1. The van der Waals surface area contributed by atoms with E-state index in [0.717, 1.165) is 19.2 Å². The average Bonchev–Trinajstić information content (AvgIpc) is 2.19. The Bertz CT molecular complexity index is 547. The Morgan fingerprint density at radius 1 is 1.39 bits per heavy atom. The molecule has 9 heteroatoms. The molecule has 3 nitrogen and oxygen atoms in total. The van der Waals surface area contributed by atoms with Gasteiger partial charge in [-0.05, 0) is 34.1 Å². The number of halogens is 5. The summed E-state index contributed by atoms with van der Waals surface area (Å²) in [4.78, 5) is -0.259. The van der Waals surface area contributed by atoms with Crippen molar-refractivity contribution in [3.05, 3.63) is 27.7 Å². The SMILES string of the molecule is CN(CC(F)(F)F)S(=O)(=O)c1ccc(Cl)c(Br)c1. The fourth-order valence-corrected chi connectivity index (χ4v) is 2.99. The Morgan fingerprint density at radius 2 is 1.94 bits per heavy atom. The highest BCUT2D eigenvalue weighted by Crippen LogP contribution is 2.27. The minimum absolute atomic E-state index is 0.239. The second-order valence-electron chi connectivity index (χ2n) is 3.45. The molecule has 0 heterocycles. The molecule has 0 saturated heterocycles. The van der Waals surface area contributed by atoms with Crippen LogP contribution in [0.2, 0.25) is 5.02 Å². The smallest absolute Gasteiger partial charge is 0.207 e. The van der Waals surface area contributed by atoms with Crippen LogP contribution in [0, 0.1) is 0 Å². The van der Waals surface area contributed by atoms with E-state index in [9.17, 15) is 21.6 Å². The van der Waals surface area contributed by atoms with Crippen molar-refractivity contribution in [3.63, 3.8) is 0 Å². The summed E-state index contributed by atoms with van der Waals surface area (Å²) in [5.74, 6) is 0. The minimum Gasteiger partial charge on any atom is -0.207 e. The molecule has 0 atom stereocenters. The number of alkyl halides is 3. The van der Waals surface area contributed by atoms with Crippen molar-refractivity contribution in [3.8, 4) is 0 Å². The molecule has 0 N–H and O–H groups in total. The molecule has 0 aliphatic carbocycles. The molecule has 0 spiro atoms. The molecule has 0 saturated carbocycles. The fraction of sp³-hybridized carbons (Fsp3) is 0.333. The van der Waals surface area contributed by atoms with Gasteiger partial charge >= 0.3 is 6.18 Å². The summed E-state index contributed by atoms with van der Waals surface area (Å²) >= 11 is 8.69. The highest BCUT2D eigenvalue weighted by molar-refractivity contribution is 9.10. The highest BCUT2D eigenvalue weighted by Gasteiger charge is 2.34. The van der Waals surface area contributed by atoms with Crippen LogP contribution in [0.4, 0.5) is 13.2 Å². The summed E-state index contributed by atoms with van der Waals surface area (Å²) in [7, 11) is -3.32. The predicted octanol–water partition coefficient (Wildman–Crippen LogP) is 3.29. The van der Waals surface area contributed by atoms with E-state index >= 15 is 0 Å². The lowest BCUT2D eigenvalue weighted by atomic mass is 10.4. The van der Waals surface area contributed by atoms with E-state index in [2.05, 4.69) is 15.9 Å². The first-order valence-corrected chi connectivity index (χ1v) is 7.13. The van der Waals surface area contributed by atoms with E-state index in [1.165, 1.54) is 6.07 Å². The molecule has 0 amide bonds. The van der Waals surface area contributed by atoms with Crippen LogP contribution in [-0.4, -0.2) is 32.5 Å². The largest absolute Gasteiger partial charge is 0.402 e. The molecule has 0 aromatic heterocycles. The lowest BCUT2D eigenvalue weighted by molar-refractivity contribution is -0.134. The van der Waals surface area contributed by atoms with Gasteiger partial charge in [0.25, 0.3) is 0 Å². The van der Waals surface area contributed by atoms with Gasteiger partial charge in [0.2, 0.25) is 10.0 Å². The molecule has 1 aromatic rings. The Hall–Kier alpha value is -0.310. The average molecular weight is 367 g/mol. The third-order valence-corrected chi connectivity index (χ3v) is 5.01. The number of hydrogen-bond acceptors (Lipinski definition) is 2. The summed E-state index contributed by atoms with van der Waals surface area (Å²) in [6.07, 6.45) is -4.59. The topological polar surface area (TPSA) is 37.4 Å². The molecule has 0 bridgehead atoms. The van der Waals surface area contributed by atoms with Gasteiger partial charge in [-0.25, -0.2) is 8.42 Å². The highest BCUT2D eigenvalue weighted by atomic mass is 79.9. The molecule has 0 unspecified atom stereocenters. The van der Waals surface area contributed by atoms with E-state index in [-0.39, 0.29) is 14.2 Å². The van der Waals surface area contributed by atoms with Crippen LogP contribution < -0.4 is 0 Å². The van der Waals surface area contributed by atoms with Gasteiger partial charge in [0.05, 0.1) is 9.92 Å². The first-order chi connectivity index (χ1) is 8.04. The van der Waals surface area contributed by atoms with Crippen molar-refractivity contribution in [1.29, 1.82) is 0 Å². The van der Waals surface area contributed by atoms with Gasteiger partial charge in [0.1, 0.15) is 6.54 Å². The van der Waals surface area contributed by atoms with Gasteiger partial charge in [-0.3, -0.25) is 0 Å². The van der Waals surface area contributed by atoms with Crippen LogP contribution in [0.5, 0.6) is 0 Å². The van der Waals surface area contributed by atoms with Gasteiger partial charge in [-0.1, -0.05) is 11.6 Å². The predicted molar refractivity (Wildman–Crippen MR) is 65.0 cm³/mol. The van der Waals surface area contributed by atoms with E-state index in [1.807, 2.05) is 0 Å². The number of rotatable bonds is 3. The quantitative estimate of drug-likeness (QED) is 0.823. The van der Waals surface area contributed by atoms with Gasteiger partial charge in [0.15, 0.2) is 0 Å². The van der Waals surface area contributed by atoms with Crippen molar-refractivity contribution in [1.82, 2.24) is 4.31 Å². The molecule has 0 aliphatic heterocycles. The van der Waals surface area contributed by atoms with Crippen molar-refractivity contribution in [2.45, 2.75) is 11.1 Å². The Kier molecular flexibility index (Phi) is 4.69. The van der Waals surface area contributed by atoms with Crippen molar-refractivity contribution >= 4 is 37.6 Å². The molecular formula is C9H8BrClF3NO2S. The molecule has 0 radical (unpaired) electrons. The molecule has 0 fully saturated rings. The maximum absolute atomic E-state index is 12.2. The second-order valence-corrected chi connectivity index (χ2v) is 6.76. The Balaban J connectivity index is 3.10. The lowest BCUT2D eigenvalue weighted by Crippen LogP contribution is -2.35. The zero-order chi connectivity index (χ0) is 14.1. The normalized spacial score (nSPS) is 13.1. The Labute approximate surface area is 116 Å². The van der Waals surface area contributed by atoms with Crippen LogP contribution in [0.3, 0.4) is 0 Å². The van der Waals surface area contributed by atoms with Crippen LogP contribution in [-0.2, 0) is 10.0 Å². The number of hydrogen-bond donors (Lipinski definition) is 0. The third-order valence-electron chi connectivity index (χ3n) is 2.00. The lowest BCUT2D eigenvalue weighted by Gasteiger charge is -2.18. The van der Waals surface area contributed by atoms with Gasteiger partial charge < -0.3 is 0 Å². The maximum atomic E-state index is 12.2. The van der Waals surface area contributed by atoms with Crippen molar-refractivity contribution in [2.24, 2.45) is 0 Å². The second kappa shape index (κ2) is 5.36. The summed E-state index contributed by atoms with van der Waals surface area (Å²) < 4.78 is 60.7. The number of nitrogens with zero attached hydrogens (tertiary/aromatic N) is 1.